The molecule has 0 radical (unpaired) electrons. The van der Waals surface area contributed by atoms with Gasteiger partial charge in [-0.05, 0) is 42.5 Å². The second-order valence-electron chi connectivity index (χ2n) is 5.00. The van der Waals surface area contributed by atoms with E-state index in [9.17, 15) is 0 Å². The second kappa shape index (κ2) is 3.80. The van der Waals surface area contributed by atoms with Gasteiger partial charge in [0.25, 0.3) is 0 Å². The van der Waals surface area contributed by atoms with Crippen molar-refractivity contribution in [1.82, 2.24) is 5.32 Å². The van der Waals surface area contributed by atoms with E-state index in [-0.39, 0.29) is 0 Å². The molecule has 1 fully saturated rings. The summed E-state index contributed by atoms with van der Waals surface area (Å²) in [6.07, 6.45) is 1.23. The van der Waals surface area contributed by atoms with Gasteiger partial charge in [-0.15, -0.1) is 0 Å². The smallest absolute Gasteiger partial charge is 0.0406 e. The zero-order valence-electron chi connectivity index (χ0n) is 9.55. The Bertz CT molecular complexity index is 342. The lowest BCUT2D eigenvalue weighted by atomic mass is 9.56. The molecule has 2 rings (SSSR count). The summed E-state index contributed by atoms with van der Waals surface area (Å²) in [6, 6.07) is 8.92. The predicted molar refractivity (Wildman–Crippen MR) is 65.4 cm³/mol. The van der Waals surface area contributed by atoms with Crippen molar-refractivity contribution in [2.24, 2.45) is 5.41 Å². The van der Waals surface area contributed by atoms with Crippen molar-refractivity contribution in [3.8, 4) is 0 Å². The fourth-order valence-corrected chi connectivity index (χ4v) is 2.80. The molecule has 1 aromatic rings. The summed E-state index contributed by atoms with van der Waals surface area (Å²) in [5.74, 6) is 0.659. The molecule has 82 valence electrons. The molecule has 1 nitrogen and oxygen atoms in total. The third-order valence-corrected chi connectivity index (χ3v) is 4.14. The monoisotopic (exact) mass is 223 g/mol. The van der Waals surface area contributed by atoms with Crippen molar-refractivity contribution in [2.45, 2.75) is 32.2 Å². The summed E-state index contributed by atoms with van der Waals surface area (Å²) in [5.41, 5.74) is 1.76. The number of nitrogens with one attached hydrogen (secondary N) is 1. The van der Waals surface area contributed by atoms with Gasteiger partial charge in [0.1, 0.15) is 0 Å². The maximum atomic E-state index is 5.89. The molecule has 1 aliphatic carbocycles. The Balaban J connectivity index is 2.17. The minimum atomic E-state index is 0.350. The minimum Gasteiger partial charge on any atom is -0.316 e. The quantitative estimate of drug-likeness (QED) is 0.810. The minimum absolute atomic E-state index is 0.350. The molecule has 15 heavy (non-hydrogen) atoms. The topological polar surface area (TPSA) is 12.0 Å². The molecule has 0 aromatic heterocycles. The second-order valence-corrected chi connectivity index (χ2v) is 5.44. The summed E-state index contributed by atoms with van der Waals surface area (Å²) in [4.78, 5) is 0. The van der Waals surface area contributed by atoms with Crippen molar-refractivity contribution in [2.75, 3.05) is 7.05 Å². The Kier molecular flexibility index (Phi) is 2.78. The van der Waals surface area contributed by atoms with Gasteiger partial charge in [-0.25, -0.2) is 0 Å². The SMILES string of the molecule is CNC1CC(c2ccc(Cl)cc2)C1(C)C. The van der Waals surface area contributed by atoms with Crippen molar-refractivity contribution < 1.29 is 0 Å². The molecular weight excluding hydrogens is 206 g/mol. The van der Waals surface area contributed by atoms with Crippen LogP contribution in [0.1, 0.15) is 31.7 Å². The molecule has 0 amide bonds. The lowest BCUT2D eigenvalue weighted by Crippen LogP contribution is -2.54. The standard InChI is InChI=1S/C13H18ClN/c1-13(2)11(8-12(13)15-3)9-4-6-10(14)7-5-9/h4-7,11-12,15H,8H2,1-3H3. The maximum Gasteiger partial charge on any atom is 0.0406 e. The molecule has 1 aliphatic rings. The first-order valence-electron chi connectivity index (χ1n) is 5.48. The van der Waals surface area contributed by atoms with Crippen LogP contribution in [0.5, 0.6) is 0 Å². The van der Waals surface area contributed by atoms with Crippen molar-refractivity contribution in [1.29, 1.82) is 0 Å². The number of halogens is 1. The summed E-state index contributed by atoms with van der Waals surface area (Å²) >= 11 is 5.89. The number of hydrogen-bond acceptors (Lipinski definition) is 1. The van der Waals surface area contributed by atoms with Crippen LogP contribution >= 0.6 is 11.6 Å². The third-order valence-electron chi connectivity index (χ3n) is 3.89. The van der Waals surface area contributed by atoms with Crippen molar-refractivity contribution in [3.05, 3.63) is 34.9 Å². The number of hydrogen-bond donors (Lipinski definition) is 1. The van der Waals surface area contributed by atoms with E-state index in [2.05, 4.69) is 31.3 Å². The van der Waals surface area contributed by atoms with Crippen LogP contribution in [0.3, 0.4) is 0 Å². The third kappa shape index (κ3) is 1.79. The highest BCUT2D eigenvalue weighted by Gasteiger charge is 2.47. The van der Waals surface area contributed by atoms with E-state index in [1.54, 1.807) is 0 Å². The first kappa shape index (κ1) is 11.0. The largest absolute Gasteiger partial charge is 0.316 e. The summed E-state index contributed by atoms with van der Waals surface area (Å²) in [7, 11) is 2.05. The highest BCUT2D eigenvalue weighted by Crippen LogP contribution is 2.52. The summed E-state index contributed by atoms with van der Waals surface area (Å²) < 4.78 is 0. The molecule has 1 aromatic carbocycles. The van der Waals surface area contributed by atoms with E-state index in [1.807, 2.05) is 19.2 Å². The fraction of sp³-hybridized carbons (Fsp3) is 0.538. The van der Waals surface area contributed by atoms with Crippen LogP contribution in [-0.4, -0.2) is 13.1 Å². The van der Waals surface area contributed by atoms with Gasteiger partial charge < -0.3 is 5.32 Å². The van der Waals surface area contributed by atoms with E-state index in [0.717, 1.165) is 5.02 Å². The van der Waals surface area contributed by atoms with E-state index >= 15 is 0 Å². The molecule has 0 heterocycles. The fourth-order valence-electron chi connectivity index (χ4n) is 2.68. The molecule has 0 spiro atoms. The van der Waals surface area contributed by atoms with Gasteiger partial charge in [-0.2, -0.15) is 0 Å². The van der Waals surface area contributed by atoms with Gasteiger partial charge in [0.2, 0.25) is 0 Å². The molecule has 1 saturated carbocycles. The molecule has 2 heteroatoms. The number of rotatable bonds is 2. The van der Waals surface area contributed by atoms with Gasteiger partial charge in [0.15, 0.2) is 0 Å². The predicted octanol–water partition coefficient (Wildman–Crippen LogP) is 3.44. The zero-order chi connectivity index (χ0) is 11.1. The Hall–Kier alpha value is -0.530. The first-order valence-corrected chi connectivity index (χ1v) is 5.86. The maximum absolute atomic E-state index is 5.89. The van der Waals surface area contributed by atoms with Crippen LogP contribution in [0.4, 0.5) is 0 Å². The van der Waals surface area contributed by atoms with Crippen molar-refractivity contribution in [3.63, 3.8) is 0 Å². The molecule has 0 bridgehead atoms. The Morgan fingerprint density at radius 1 is 1.27 bits per heavy atom. The zero-order valence-corrected chi connectivity index (χ0v) is 10.3. The number of benzene rings is 1. The lowest BCUT2D eigenvalue weighted by Gasteiger charge is -2.52. The van der Waals surface area contributed by atoms with Gasteiger partial charge in [-0.3, -0.25) is 0 Å². The lowest BCUT2D eigenvalue weighted by molar-refractivity contribution is 0.0751. The molecule has 0 saturated heterocycles. The molecule has 2 atom stereocenters. The molecule has 2 unspecified atom stereocenters. The van der Waals surface area contributed by atoms with Crippen LogP contribution in [0.15, 0.2) is 24.3 Å². The Labute approximate surface area is 96.8 Å². The Morgan fingerprint density at radius 3 is 2.33 bits per heavy atom. The van der Waals surface area contributed by atoms with Crippen LogP contribution in [0.2, 0.25) is 5.02 Å². The highest BCUT2D eigenvalue weighted by atomic mass is 35.5. The van der Waals surface area contributed by atoms with Crippen LogP contribution < -0.4 is 5.32 Å². The average molecular weight is 224 g/mol. The van der Waals surface area contributed by atoms with Gasteiger partial charge in [0, 0.05) is 11.1 Å². The van der Waals surface area contributed by atoms with Crippen molar-refractivity contribution >= 4 is 11.6 Å². The molecular formula is C13H18ClN. The average Bonchev–Trinajstić information content (AvgIpc) is 2.20. The van der Waals surface area contributed by atoms with E-state index in [4.69, 9.17) is 11.6 Å². The van der Waals surface area contributed by atoms with Crippen LogP contribution in [0, 0.1) is 5.41 Å². The van der Waals surface area contributed by atoms with E-state index in [0.29, 0.717) is 17.4 Å². The first-order chi connectivity index (χ1) is 7.05. The molecule has 1 N–H and O–H groups in total. The van der Waals surface area contributed by atoms with Crippen LogP contribution in [-0.2, 0) is 0 Å². The Morgan fingerprint density at radius 2 is 1.87 bits per heavy atom. The summed E-state index contributed by atoms with van der Waals surface area (Å²) in [5, 5.41) is 4.20. The summed E-state index contributed by atoms with van der Waals surface area (Å²) in [6.45, 7) is 4.66. The van der Waals surface area contributed by atoms with Gasteiger partial charge >= 0.3 is 0 Å². The highest BCUT2D eigenvalue weighted by molar-refractivity contribution is 6.30. The molecule has 0 aliphatic heterocycles. The van der Waals surface area contributed by atoms with Gasteiger partial charge in [0.05, 0.1) is 0 Å². The normalized spacial score (nSPS) is 28.5. The van der Waals surface area contributed by atoms with Gasteiger partial charge in [-0.1, -0.05) is 37.6 Å². The van der Waals surface area contributed by atoms with E-state index < -0.39 is 0 Å². The van der Waals surface area contributed by atoms with Crippen LogP contribution in [0.25, 0.3) is 0 Å². The van der Waals surface area contributed by atoms with E-state index in [1.165, 1.54) is 12.0 Å².